The minimum atomic E-state index is -1.03. The maximum Gasteiger partial charge on any atom is 0.133 e. The van der Waals surface area contributed by atoms with Crippen LogP contribution in [0.1, 0.15) is 22.8 Å². The summed E-state index contributed by atoms with van der Waals surface area (Å²) in [7, 11) is 1.47. The Balaban J connectivity index is 2.38. The minimum absolute atomic E-state index is 0.211. The van der Waals surface area contributed by atoms with Gasteiger partial charge in [0.05, 0.1) is 7.11 Å². The largest absolute Gasteiger partial charge is 0.497 e. The van der Waals surface area contributed by atoms with Gasteiger partial charge >= 0.3 is 0 Å². The molecule has 19 heavy (non-hydrogen) atoms. The normalized spacial score (nSPS) is 12.3. The number of aryl methyl sites for hydroxylation is 1. The Hall–Kier alpha value is -1.58. The molecule has 2 rings (SSSR count). The molecule has 0 aromatic heterocycles. The molecule has 0 aliphatic rings. The molecule has 2 aromatic carbocycles. The molecule has 0 aliphatic heterocycles. The van der Waals surface area contributed by atoms with Gasteiger partial charge in [-0.15, -0.1) is 0 Å². The summed E-state index contributed by atoms with van der Waals surface area (Å²) in [6, 6.07) is 9.51. The van der Waals surface area contributed by atoms with Gasteiger partial charge in [0.2, 0.25) is 0 Å². The van der Waals surface area contributed by atoms with Crippen LogP contribution in [0, 0.1) is 12.7 Å². The third kappa shape index (κ3) is 2.88. The SMILES string of the molecule is COc1ccc(C(O)c2ccc(Cl)c(C)c2)c(F)c1. The van der Waals surface area contributed by atoms with E-state index in [9.17, 15) is 9.50 Å². The molecular weight excluding hydrogens is 267 g/mol. The fourth-order valence-electron chi connectivity index (χ4n) is 1.87. The molecule has 0 bridgehead atoms. The van der Waals surface area contributed by atoms with Gasteiger partial charge in [0.15, 0.2) is 0 Å². The molecule has 0 radical (unpaired) electrons. The molecule has 100 valence electrons. The lowest BCUT2D eigenvalue weighted by Gasteiger charge is -2.14. The highest BCUT2D eigenvalue weighted by Gasteiger charge is 2.16. The van der Waals surface area contributed by atoms with Gasteiger partial charge in [0.25, 0.3) is 0 Å². The molecule has 1 unspecified atom stereocenters. The van der Waals surface area contributed by atoms with Crippen molar-refractivity contribution in [2.24, 2.45) is 0 Å². The van der Waals surface area contributed by atoms with Crippen molar-refractivity contribution in [3.05, 3.63) is 63.9 Å². The summed E-state index contributed by atoms with van der Waals surface area (Å²) in [5, 5.41) is 10.8. The molecule has 0 amide bonds. The van der Waals surface area contributed by atoms with E-state index >= 15 is 0 Å². The average Bonchev–Trinajstić information content (AvgIpc) is 2.41. The van der Waals surface area contributed by atoms with Crippen LogP contribution >= 0.6 is 11.6 Å². The van der Waals surface area contributed by atoms with E-state index in [0.717, 1.165) is 5.56 Å². The first kappa shape index (κ1) is 13.8. The number of halogens is 2. The third-order valence-electron chi connectivity index (χ3n) is 3.00. The highest BCUT2D eigenvalue weighted by atomic mass is 35.5. The highest BCUT2D eigenvalue weighted by molar-refractivity contribution is 6.31. The Morgan fingerprint density at radius 1 is 1.21 bits per heavy atom. The van der Waals surface area contributed by atoms with Gasteiger partial charge in [-0.2, -0.15) is 0 Å². The summed E-state index contributed by atoms with van der Waals surface area (Å²) in [5.74, 6) is -0.0832. The van der Waals surface area contributed by atoms with Crippen LogP contribution in [-0.2, 0) is 0 Å². The summed E-state index contributed by atoms with van der Waals surface area (Å²) in [4.78, 5) is 0. The number of rotatable bonds is 3. The second kappa shape index (κ2) is 5.59. The van der Waals surface area contributed by atoms with Gasteiger partial charge in [-0.3, -0.25) is 0 Å². The van der Waals surface area contributed by atoms with Crippen molar-refractivity contribution < 1.29 is 14.2 Å². The van der Waals surface area contributed by atoms with Crippen molar-refractivity contribution in [3.63, 3.8) is 0 Å². The highest BCUT2D eigenvalue weighted by Crippen LogP contribution is 2.28. The molecule has 0 spiro atoms. The lowest BCUT2D eigenvalue weighted by atomic mass is 9.99. The van der Waals surface area contributed by atoms with Gasteiger partial charge in [-0.05, 0) is 36.2 Å². The first-order chi connectivity index (χ1) is 9.02. The summed E-state index contributed by atoms with van der Waals surface area (Å²) >= 11 is 5.93. The van der Waals surface area contributed by atoms with E-state index in [0.29, 0.717) is 16.3 Å². The van der Waals surface area contributed by atoms with Crippen LogP contribution in [0.3, 0.4) is 0 Å². The number of aliphatic hydroxyl groups excluding tert-OH is 1. The Labute approximate surface area is 116 Å². The zero-order valence-corrected chi connectivity index (χ0v) is 11.4. The van der Waals surface area contributed by atoms with Crippen LogP contribution in [0.2, 0.25) is 5.02 Å². The molecule has 1 N–H and O–H groups in total. The first-order valence-corrected chi connectivity index (χ1v) is 6.18. The van der Waals surface area contributed by atoms with Crippen LogP contribution in [0.4, 0.5) is 4.39 Å². The van der Waals surface area contributed by atoms with E-state index in [1.54, 1.807) is 24.3 Å². The molecule has 0 fully saturated rings. The Kier molecular flexibility index (Phi) is 4.08. The molecule has 4 heteroatoms. The van der Waals surface area contributed by atoms with Gasteiger partial charge in [0.1, 0.15) is 17.7 Å². The predicted octanol–water partition coefficient (Wildman–Crippen LogP) is 3.88. The van der Waals surface area contributed by atoms with Gasteiger partial charge in [-0.1, -0.05) is 23.7 Å². The number of benzene rings is 2. The van der Waals surface area contributed by atoms with E-state index in [4.69, 9.17) is 16.3 Å². The van der Waals surface area contributed by atoms with E-state index in [1.165, 1.54) is 19.2 Å². The third-order valence-corrected chi connectivity index (χ3v) is 3.42. The van der Waals surface area contributed by atoms with Crippen molar-refractivity contribution >= 4 is 11.6 Å². The first-order valence-electron chi connectivity index (χ1n) is 5.80. The fourth-order valence-corrected chi connectivity index (χ4v) is 1.99. The van der Waals surface area contributed by atoms with E-state index in [1.807, 2.05) is 6.92 Å². The Bertz CT molecular complexity index is 599. The van der Waals surface area contributed by atoms with Crippen molar-refractivity contribution in [1.29, 1.82) is 0 Å². The van der Waals surface area contributed by atoms with Crippen LogP contribution < -0.4 is 4.74 Å². The predicted molar refractivity (Wildman–Crippen MR) is 73.2 cm³/mol. The summed E-state index contributed by atoms with van der Waals surface area (Å²) in [5.41, 5.74) is 1.65. The maximum atomic E-state index is 13.9. The standard InChI is InChI=1S/C15H14ClFO2/c1-9-7-10(3-6-13(9)16)15(18)12-5-4-11(19-2)8-14(12)17/h3-8,15,18H,1-2H3. The number of methoxy groups -OCH3 is 1. The lowest BCUT2D eigenvalue weighted by Crippen LogP contribution is -2.03. The number of ether oxygens (including phenoxy) is 1. The Morgan fingerprint density at radius 2 is 1.95 bits per heavy atom. The smallest absolute Gasteiger partial charge is 0.133 e. The van der Waals surface area contributed by atoms with Crippen molar-refractivity contribution in [1.82, 2.24) is 0 Å². The van der Waals surface area contributed by atoms with Crippen molar-refractivity contribution in [3.8, 4) is 5.75 Å². The van der Waals surface area contributed by atoms with Gasteiger partial charge in [0, 0.05) is 16.7 Å². The van der Waals surface area contributed by atoms with E-state index < -0.39 is 11.9 Å². The summed E-state index contributed by atoms with van der Waals surface area (Å²) < 4.78 is 18.8. The second-order valence-electron chi connectivity index (χ2n) is 4.30. The molecule has 2 nitrogen and oxygen atoms in total. The van der Waals surface area contributed by atoms with Crippen LogP contribution in [0.25, 0.3) is 0 Å². The summed E-state index contributed by atoms with van der Waals surface area (Å²) in [6.45, 7) is 1.84. The summed E-state index contributed by atoms with van der Waals surface area (Å²) in [6.07, 6.45) is -1.03. The van der Waals surface area contributed by atoms with Crippen LogP contribution in [-0.4, -0.2) is 12.2 Å². The molecule has 0 saturated heterocycles. The topological polar surface area (TPSA) is 29.5 Å². The number of hydrogen-bond donors (Lipinski definition) is 1. The zero-order valence-electron chi connectivity index (χ0n) is 10.7. The maximum absolute atomic E-state index is 13.9. The van der Waals surface area contributed by atoms with Gasteiger partial charge in [-0.25, -0.2) is 4.39 Å². The van der Waals surface area contributed by atoms with E-state index in [2.05, 4.69) is 0 Å². The van der Waals surface area contributed by atoms with Crippen molar-refractivity contribution in [2.45, 2.75) is 13.0 Å². The van der Waals surface area contributed by atoms with Crippen molar-refractivity contribution in [2.75, 3.05) is 7.11 Å². The average molecular weight is 281 g/mol. The minimum Gasteiger partial charge on any atom is -0.497 e. The second-order valence-corrected chi connectivity index (χ2v) is 4.71. The fraction of sp³-hybridized carbons (Fsp3) is 0.200. The van der Waals surface area contributed by atoms with E-state index in [-0.39, 0.29) is 5.56 Å². The van der Waals surface area contributed by atoms with Crippen LogP contribution in [0.15, 0.2) is 36.4 Å². The molecule has 0 heterocycles. The molecule has 0 aliphatic carbocycles. The molecule has 2 aromatic rings. The molecule has 0 saturated carbocycles. The molecule has 1 atom stereocenters. The number of hydrogen-bond acceptors (Lipinski definition) is 2. The lowest BCUT2D eigenvalue weighted by molar-refractivity contribution is 0.214. The Morgan fingerprint density at radius 3 is 2.53 bits per heavy atom. The van der Waals surface area contributed by atoms with Gasteiger partial charge < -0.3 is 9.84 Å². The quantitative estimate of drug-likeness (QED) is 0.924. The number of aliphatic hydroxyl groups is 1. The monoisotopic (exact) mass is 280 g/mol. The zero-order chi connectivity index (χ0) is 14.0. The van der Waals surface area contributed by atoms with Crippen LogP contribution in [0.5, 0.6) is 5.75 Å². The molecular formula is C15H14ClFO2.